The van der Waals surface area contributed by atoms with E-state index in [0.29, 0.717) is 0 Å². The fourth-order valence-corrected chi connectivity index (χ4v) is 2.03. The third kappa shape index (κ3) is 1.69. The number of rotatable bonds is 1. The summed E-state index contributed by atoms with van der Waals surface area (Å²) in [5, 5.41) is 29.3. The van der Waals surface area contributed by atoms with E-state index >= 15 is 0 Å². The van der Waals surface area contributed by atoms with Gasteiger partial charge in [0.1, 0.15) is 35.3 Å². The molecule has 92 valence electrons. The molecule has 0 fully saturated rings. The average molecular weight is 271 g/mol. The number of amides is 1. The molecule has 0 aromatic carbocycles. The van der Waals surface area contributed by atoms with Crippen LogP contribution in [-0.2, 0) is 0 Å². The number of hydrogen-bond acceptors (Lipinski definition) is 8. The quantitative estimate of drug-likeness (QED) is 0.706. The summed E-state index contributed by atoms with van der Waals surface area (Å²) >= 11 is 1.21. The van der Waals surface area contributed by atoms with Crippen molar-refractivity contribution in [2.75, 3.05) is 0 Å². The van der Waals surface area contributed by atoms with Crippen LogP contribution in [0, 0.1) is 34.0 Å². The molecule has 2 heterocycles. The first-order chi connectivity index (χ1) is 9.09. The lowest BCUT2D eigenvalue weighted by Gasteiger charge is -2.18. The van der Waals surface area contributed by atoms with E-state index in [4.69, 9.17) is 21.5 Å². The number of nitrogens with one attached hydrogen (secondary N) is 1. The Morgan fingerprint density at radius 3 is 2.58 bits per heavy atom. The molecular formula is C10H5N7OS. The van der Waals surface area contributed by atoms with Gasteiger partial charge in [0.15, 0.2) is 0 Å². The predicted molar refractivity (Wildman–Crippen MR) is 62.2 cm³/mol. The topological polar surface area (TPSA) is 143 Å². The van der Waals surface area contributed by atoms with Crippen LogP contribution in [0.5, 0.6) is 0 Å². The van der Waals surface area contributed by atoms with E-state index in [-0.39, 0.29) is 17.1 Å². The van der Waals surface area contributed by atoms with Crippen molar-refractivity contribution in [1.82, 2.24) is 15.4 Å². The molecule has 0 unspecified atom stereocenters. The van der Waals surface area contributed by atoms with Gasteiger partial charge in [0.2, 0.25) is 5.54 Å². The fourth-order valence-electron chi connectivity index (χ4n) is 1.51. The van der Waals surface area contributed by atoms with Gasteiger partial charge < -0.3 is 5.73 Å². The molecule has 1 aromatic rings. The molecule has 2 rings (SSSR count). The Morgan fingerprint density at radius 1 is 1.47 bits per heavy atom. The van der Waals surface area contributed by atoms with Crippen molar-refractivity contribution in [2.24, 2.45) is 5.73 Å². The van der Waals surface area contributed by atoms with Crippen molar-refractivity contribution < 1.29 is 4.79 Å². The van der Waals surface area contributed by atoms with E-state index in [9.17, 15) is 4.79 Å². The van der Waals surface area contributed by atoms with Crippen LogP contribution in [0.4, 0.5) is 0 Å². The van der Waals surface area contributed by atoms with Crippen LogP contribution in [0.3, 0.4) is 0 Å². The first kappa shape index (κ1) is 12.5. The van der Waals surface area contributed by atoms with Crippen LogP contribution in [0.15, 0.2) is 22.3 Å². The van der Waals surface area contributed by atoms with Gasteiger partial charge in [0.25, 0.3) is 5.91 Å². The Labute approximate surface area is 111 Å². The van der Waals surface area contributed by atoms with E-state index in [0.717, 1.165) is 5.01 Å². The number of hydrazine groups is 1. The summed E-state index contributed by atoms with van der Waals surface area (Å²) in [4.78, 5) is 15.9. The first-order valence-corrected chi connectivity index (χ1v) is 5.77. The van der Waals surface area contributed by atoms with Gasteiger partial charge in [-0.3, -0.25) is 4.79 Å². The number of carbonyl (C=O) groups is 1. The van der Waals surface area contributed by atoms with Crippen molar-refractivity contribution in [3.63, 3.8) is 0 Å². The highest BCUT2D eigenvalue weighted by Crippen LogP contribution is 2.27. The highest BCUT2D eigenvalue weighted by Gasteiger charge is 2.48. The minimum Gasteiger partial charge on any atom is -0.383 e. The summed E-state index contributed by atoms with van der Waals surface area (Å²) in [5.74, 6) is -0.914. The van der Waals surface area contributed by atoms with E-state index in [2.05, 4.69) is 10.4 Å². The molecule has 3 N–H and O–H groups in total. The lowest BCUT2D eigenvalue weighted by molar-refractivity contribution is 0.0730. The monoisotopic (exact) mass is 271 g/mol. The van der Waals surface area contributed by atoms with Crippen LogP contribution < -0.4 is 11.2 Å². The number of hydrogen-bond donors (Lipinski definition) is 2. The molecule has 1 aliphatic heterocycles. The molecule has 1 aromatic heterocycles. The van der Waals surface area contributed by atoms with Crippen molar-refractivity contribution in [3.05, 3.63) is 28.0 Å². The molecule has 8 nitrogen and oxygen atoms in total. The number of nitrogens with two attached hydrogens (primary N) is 1. The number of thiazole rings is 1. The van der Waals surface area contributed by atoms with Crippen molar-refractivity contribution >= 4 is 17.2 Å². The second-order valence-corrected chi connectivity index (χ2v) is 4.19. The maximum Gasteiger partial charge on any atom is 0.293 e. The van der Waals surface area contributed by atoms with Crippen LogP contribution in [0.2, 0.25) is 0 Å². The summed E-state index contributed by atoms with van der Waals surface area (Å²) < 4.78 is 0. The standard InChI is InChI=1S/C10H5N7OS/c11-1-6-8(14)17(16-10(6,3-12)4-13)9(18)7-2-19-5-15-7/h2,5,16H,14H2. The van der Waals surface area contributed by atoms with Gasteiger partial charge in [-0.2, -0.15) is 21.2 Å². The molecule has 0 atom stereocenters. The summed E-state index contributed by atoms with van der Waals surface area (Å²) in [6.07, 6.45) is 0. The van der Waals surface area contributed by atoms with Gasteiger partial charge in [-0.1, -0.05) is 0 Å². The molecule has 1 aliphatic rings. The normalized spacial score (nSPS) is 16.6. The predicted octanol–water partition coefficient (Wildman–Crippen LogP) is -0.417. The minimum atomic E-state index is -1.95. The zero-order chi connectivity index (χ0) is 14.0. The second-order valence-electron chi connectivity index (χ2n) is 3.47. The van der Waals surface area contributed by atoms with E-state index in [1.165, 1.54) is 22.2 Å². The Bertz CT molecular complexity index is 671. The Morgan fingerprint density at radius 2 is 2.16 bits per heavy atom. The lowest BCUT2D eigenvalue weighted by atomic mass is 9.96. The maximum absolute atomic E-state index is 12.1. The largest absolute Gasteiger partial charge is 0.383 e. The molecule has 0 saturated heterocycles. The zero-order valence-corrected chi connectivity index (χ0v) is 10.1. The lowest BCUT2D eigenvalue weighted by Crippen LogP contribution is -2.49. The zero-order valence-electron chi connectivity index (χ0n) is 9.28. The highest BCUT2D eigenvalue weighted by molar-refractivity contribution is 7.07. The summed E-state index contributed by atoms with van der Waals surface area (Å²) in [6.45, 7) is 0. The molecule has 0 saturated carbocycles. The molecule has 9 heteroatoms. The van der Waals surface area contributed by atoms with Gasteiger partial charge >= 0.3 is 0 Å². The fraction of sp³-hybridized carbons (Fsp3) is 0.100. The molecule has 1 amide bonds. The van der Waals surface area contributed by atoms with Gasteiger partial charge in [-0.15, -0.1) is 11.3 Å². The van der Waals surface area contributed by atoms with Crippen LogP contribution in [-0.4, -0.2) is 21.4 Å². The van der Waals surface area contributed by atoms with Crippen molar-refractivity contribution in [2.45, 2.75) is 5.54 Å². The molecule has 19 heavy (non-hydrogen) atoms. The van der Waals surface area contributed by atoms with Crippen LogP contribution >= 0.6 is 11.3 Å². The van der Waals surface area contributed by atoms with Gasteiger partial charge in [0, 0.05) is 5.38 Å². The van der Waals surface area contributed by atoms with Crippen LogP contribution in [0.25, 0.3) is 0 Å². The van der Waals surface area contributed by atoms with Crippen LogP contribution in [0.1, 0.15) is 10.5 Å². The summed E-state index contributed by atoms with van der Waals surface area (Å²) in [5.41, 5.74) is 7.29. The third-order valence-corrected chi connectivity index (χ3v) is 3.04. The van der Waals surface area contributed by atoms with Crippen molar-refractivity contribution in [3.8, 4) is 18.2 Å². The smallest absolute Gasteiger partial charge is 0.293 e. The Balaban J connectivity index is 2.47. The summed E-state index contributed by atoms with van der Waals surface area (Å²) in [7, 11) is 0. The number of carbonyl (C=O) groups excluding carboxylic acids is 1. The molecule has 0 aliphatic carbocycles. The number of nitriles is 3. The summed E-state index contributed by atoms with van der Waals surface area (Å²) in [6, 6.07) is 4.96. The van der Waals surface area contributed by atoms with Gasteiger partial charge in [0.05, 0.1) is 5.51 Å². The van der Waals surface area contributed by atoms with Crippen molar-refractivity contribution in [1.29, 1.82) is 15.8 Å². The van der Waals surface area contributed by atoms with Gasteiger partial charge in [-0.25, -0.2) is 9.99 Å². The molecule has 0 radical (unpaired) electrons. The second kappa shape index (κ2) is 4.39. The van der Waals surface area contributed by atoms with Gasteiger partial charge in [-0.05, 0) is 0 Å². The SMILES string of the molecule is N#CC1=C(N)N(C(=O)c2cscn2)NC1(C#N)C#N. The number of aromatic nitrogens is 1. The Kier molecular flexibility index (Phi) is 2.89. The average Bonchev–Trinajstić information content (AvgIpc) is 3.04. The highest BCUT2D eigenvalue weighted by atomic mass is 32.1. The first-order valence-electron chi connectivity index (χ1n) is 4.83. The molecule has 0 bridgehead atoms. The van der Waals surface area contributed by atoms with E-state index in [1.54, 1.807) is 18.2 Å². The van der Waals surface area contributed by atoms with E-state index in [1.807, 2.05) is 0 Å². The maximum atomic E-state index is 12.1. The molecule has 0 spiro atoms. The molecular weight excluding hydrogens is 266 g/mol. The Hall–Kier alpha value is -2.93. The minimum absolute atomic E-state index is 0.101. The number of nitrogens with zero attached hydrogens (tertiary/aromatic N) is 5. The van der Waals surface area contributed by atoms with E-state index < -0.39 is 11.4 Å². The third-order valence-electron chi connectivity index (χ3n) is 2.45.